The van der Waals surface area contributed by atoms with E-state index in [0.717, 1.165) is 0 Å². The van der Waals surface area contributed by atoms with E-state index in [0.29, 0.717) is 23.8 Å². The summed E-state index contributed by atoms with van der Waals surface area (Å²) in [5, 5.41) is 2.96. The second-order valence-electron chi connectivity index (χ2n) is 3.67. The molecule has 2 aromatic rings. The van der Waals surface area contributed by atoms with Crippen molar-refractivity contribution >= 4 is 17.3 Å². The van der Waals surface area contributed by atoms with Crippen LogP contribution in [-0.4, -0.2) is 40.6 Å². The smallest absolute Gasteiger partial charge is 0.261 e. The van der Waals surface area contributed by atoms with E-state index in [1.807, 2.05) is 0 Å². The number of nitrogens with two attached hydrogens (primary N) is 1. The number of imidazole rings is 1. The van der Waals surface area contributed by atoms with Gasteiger partial charge in [0.15, 0.2) is 17.3 Å². The van der Waals surface area contributed by atoms with Crippen molar-refractivity contribution in [3.8, 4) is 0 Å². The van der Waals surface area contributed by atoms with Gasteiger partial charge in [0.2, 0.25) is 0 Å². The van der Waals surface area contributed by atoms with E-state index in [2.05, 4.69) is 20.7 Å². The highest BCUT2D eigenvalue weighted by molar-refractivity contribution is 5.65. The number of rotatable bonds is 7. The minimum absolute atomic E-state index is 0.152. The van der Waals surface area contributed by atoms with Crippen molar-refractivity contribution in [1.29, 1.82) is 0 Å². The largest absolute Gasteiger partial charge is 0.374 e. The molecule has 0 aliphatic carbocycles. The number of hydrogen-bond acceptors (Lipinski definition) is 6. The average Bonchev–Trinajstić information content (AvgIpc) is 2.85. The third-order valence-corrected chi connectivity index (χ3v) is 2.30. The number of nitrogens with zero attached hydrogens (tertiary/aromatic N) is 3. The molecule has 2 heterocycles. The maximum atomic E-state index is 11.9. The molecular weight excluding hydrogens is 258 g/mol. The van der Waals surface area contributed by atoms with Crippen molar-refractivity contribution in [2.45, 2.75) is 6.43 Å². The lowest BCUT2D eigenvalue weighted by molar-refractivity contribution is 0.0215. The Morgan fingerprint density at radius 1 is 1.47 bits per heavy atom. The SMILES string of the molecule is NNc1cn2ccnc2c(NCCOCC(F)F)n1. The molecule has 7 nitrogen and oxygen atoms in total. The quantitative estimate of drug-likeness (QED) is 0.391. The highest BCUT2D eigenvalue weighted by atomic mass is 19.3. The topological polar surface area (TPSA) is 89.5 Å². The fourth-order valence-electron chi connectivity index (χ4n) is 1.53. The van der Waals surface area contributed by atoms with Gasteiger partial charge in [-0.1, -0.05) is 0 Å². The van der Waals surface area contributed by atoms with Crippen molar-refractivity contribution in [3.63, 3.8) is 0 Å². The fraction of sp³-hybridized carbons (Fsp3) is 0.400. The van der Waals surface area contributed by atoms with Crippen molar-refractivity contribution < 1.29 is 13.5 Å². The van der Waals surface area contributed by atoms with Crippen LogP contribution < -0.4 is 16.6 Å². The van der Waals surface area contributed by atoms with Crippen LogP contribution in [0.2, 0.25) is 0 Å². The van der Waals surface area contributed by atoms with E-state index in [4.69, 9.17) is 10.6 Å². The molecule has 0 atom stereocenters. The molecule has 0 fully saturated rings. The van der Waals surface area contributed by atoms with Crippen LogP contribution in [0.25, 0.3) is 5.65 Å². The maximum Gasteiger partial charge on any atom is 0.261 e. The number of ether oxygens (including phenoxy) is 1. The van der Waals surface area contributed by atoms with Crippen molar-refractivity contribution in [1.82, 2.24) is 14.4 Å². The third-order valence-electron chi connectivity index (χ3n) is 2.30. The first-order chi connectivity index (χ1) is 9.20. The zero-order valence-corrected chi connectivity index (χ0v) is 10.0. The number of alkyl halides is 2. The summed E-state index contributed by atoms with van der Waals surface area (Å²) in [6.45, 7) is -0.0757. The molecule has 0 saturated heterocycles. The van der Waals surface area contributed by atoms with Gasteiger partial charge in [0.25, 0.3) is 6.43 Å². The summed E-state index contributed by atoms with van der Waals surface area (Å²) in [4.78, 5) is 8.32. The van der Waals surface area contributed by atoms with E-state index in [1.54, 1.807) is 23.0 Å². The molecule has 0 amide bonds. The van der Waals surface area contributed by atoms with Crippen LogP contribution in [0.1, 0.15) is 0 Å². The molecule has 4 N–H and O–H groups in total. The highest BCUT2D eigenvalue weighted by Gasteiger charge is 2.07. The lowest BCUT2D eigenvalue weighted by atomic mass is 10.5. The van der Waals surface area contributed by atoms with Crippen LogP contribution >= 0.6 is 0 Å². The number of halogens is 2. The van der Waals surface area contributed by atoms with Crippen LogP contribution in [0.5, 0.6) is 0 Å². The predicted octanol–water partition coefficient (Wildman–Crippen LogP) is 0.708. The lowest BCUT2D eigenvalue weighted by Gasteiger charge is -2.09. The van der Waals surface area contributed by atoms with Crippen LogP contribution in [0.15, 0.2) is 18.6 Å². The number of nitrogens with one attached hydrogen (secondary N) is 2. The van der Waals surface area contributed by atoms with E-state index >= 15 is 0 Å². The summed E-state index contributed by atoms with van der Waals surface area (Å²) in [7, 11) is 0. The molecule has 0 unspecified atom stereocenters. The summed E-state index contributed by atoms with van der Waals surface area (Å²) in [5.41, 5.74) is 3.05. The summed E-state index contributed by atoms with van der Waals surface area (Å²) < 4.78 is 30.2. The van der Waals surface area contributed by atoms with Gasteiger partial charge < -0.3 is 19.9 Å². The summed E-state index contributed by atoms with van der Waals surface area (Å²) in [6.07, 6.45) is 2.59. The first kappa shape index (κ1) is 13.4. The zero-order chi connectivity index (χ0) is 13.7. The Morgan fingerprint density at radius 2 is 2.32 bits per heavy atom. The summed E-state index contributed by atoms with van der Waals surface area (Å²) in [5.74, 6) is 6.27. The van der Waals surface area contributed by atoms with Crippen LogP contribution in [0, 0.1) is 0 Å². The Kier molecular flexibility index (Phi) is 4.42. The number of nitrogen functional groups attached to an aromatic ring is 1. The van der Waals surface area contributed by atoms with E-state index in [1.165, 1.54) is 0 Å². The normalized spacial score (nSPS) is 11.2. The molecule has 2 rings (SSSR count). The standard InChI is InChI=1S/C10H14F2N6O/c11-7(12)6-19-4-2-14-9-10-15-1-3-18(10)5-8(16-9)17-13/h1,3,5,7,17H,2,4,6,13H2,(H,14,16). The Bertz CT molecular complexity index is 532. The number of hydrogen-bond donors (Lipinski definition) is 3. The molecular formula is C10H14F2N6O. The van der Waals surface area contributed by atoms with Crippen molar-refractivity contribution in [2.24, 2.45) is 5.84 Å². The van der Waals surface area contributed by atoms with E-state index in [9.17, 15) is 8.78 Å². The van der Waals surface area contributed by atoms with Gasteiger partial charge in [-0.25, -0.2) is 24.6 Å². The molecule has 19 heavy (non-hydrogen) atoms. The predicted molar refractivity (Wildman–Crippen MR) is 66.1 cm³/mol. The molecule has 9 heteroatoms. The van der Waals surface area contributed by atoms with Crippen molar-refractivity contribution in [3.05, 3.63) is 18.6 Å². The minimum Gasteiger partial charge on any atom is -0.374 e. The van der Waals surface area contributed by atoms with Gasteiger partial charge in [-0.2, -0.15) is 0 Å². The molecule has 0 aliphatic heterocycles. The Hall–Kier alpha value is -2.00. The maximum absolute atomic E-state index is 11.9. The Balaban J connectivity index is 1.97. The van der Waals surface area contributed by atoms with Gasteiger partial charge in [0.1, 0.15) is 6.61 Å². The van der Waals surface area contributed by atoms with Crippen LogP contribution in [0.3, 0.4) is 0 Å². The van der Waals surface area contributed by atoms with Gasteiger partial charge in [-0.3, -0.25) is 0 Å². The first-order valence-electron chi connectivity index (χ1n) is 5.61. The molecule has 0 spiro atoms. The molecule has 0 radical (unpaired) electrons. The zero-order valence-electron chi connectivity index (χ0n) is 10.0. The van der Waals surface area contributed by atoms with Crippen molar-refractivity contribution in [2.75, 3.05) is 30.5 Å². The van der Waals surface area contributed by atoms with Gasteiger partial charge in [0, 0.05) is 18.9 Å². The minimum atomic E-state index is -2.46. The summed E-state index contributed by atoms with van der Waals surface area (Å²) >= 11 is 0. The second-order valence-corrected chi connectivity index (χ2v) is 3.67. The molecule has 0 saturated carbocycles. The number of hydrazine groups is 1. The molecule has 0 aromatic carbocycles. The fourth-order valence-corrected chi connectivity index (χ4v) is 1.53. The monoisotopic (exact) mass is 272 g/mol. The number of fused-ring (bicyclic) bond motifs is 1. The van der Waals surface area contributed by atoms with Gasteiger partial charge >= 0.3 is 0 Å². The summed E-state index contributed by atoms with van der Waals surface area (Å²) in [6, 6.07) is 0. The second kappa shape index (κ2) is 6.25. The van der Waals surface area contributed by atoms with Crippen LogP contribution in [-0.2, 0) is 4.74 Å². The lowest BCUT2D eigenvalue weighted by Crippen LogP contribution is -2.16. The third kappa shape index (κ3) is 3.48. The molecule has 0 bridgehead atoms. The Morgan fingerprint density at radius 3 is 3.05 bits per heavy atom. The van der Waals surface area contributed by atoms with Gasteiger partial charge in [-0.05, 0) is 0 Å². The number of aromatic nitrogens is 3. The van der Waals surface area contributed by atoms with E-state index < -0.39 is 13.0 Å². The van der Waals surface area contributed by atoms with Crippen LogP contribution in [0.4, 0.5) is 20.4 Å². The highest BCUT2D eigenvalue weighted by Crippen LogP contribution is 2.15. The average molecular weight is 272 g/mol. The molecule has 104 valence electrons. The number of anilines is 2. The van der Waals surface area contributed by atoms with Gasteiger partial charge in [0.05, 0.1) is 12.8 Å². The molecule has 2 aromatic heterocycles. The first-order valence-corrected chi connectivity index (χ1v) is 5.61. The van der Waals surface area contributed by atoms with Gasteiger partial charge in [-0.15, -0.1) is 0 Å². The Labute approximate surface area is 107 Å². The molecule has 0 aliphatic rings. The van der Waals surface area contributed by atoms with E-state index in [-0.39, 0.29) is 6.61 Å².